The Hall–Kier alpha value is -4.19. The van der Waals surface area contributed by atoms with Gasteiger partial charge in [-0.3, -0.25) is 9.69 Å². The van der Waals surface area contributed by atoms with E-state index in [1.165, 1.54) is 13.5 Å². The van der Waals surface area contributed by atoms with Crippen molar-refractivity contribution in [1.82, 2.24) is 4.98 Å². The van der Waals surface area contributed by atoms with E-state index in [0.717, 1.165) is 64.5 Å². The Kier molecular flexibility index (Phi) is 10.1. The van der Waals surface area contributed by atoms with Gasteiger partial charge in [-0.2, -0.15) is 0 Å². The first kappa shape index (κ1) is 29.8. The van der Waals surface area contributed by atoms with Crippen LogP contribution in [0.15, 0.2) is 72.9 Å². The van der Waals surface area contributed by atoms with Gasteiger partial charge in [0.25, 0.3) is 0 Å². The lowest BCUT2D eigenvalue weighted by molar-refractivity contribution is -0.123. The monoisotopic (exact) mass is 552 g/mol. The zero-order valence-electron chi connectivity index (χ0n) is 24.8. The first-order chi connectivity index (χ1) is 20.0. The average Bonchev–Trinajstić information content (AvgIpc) is 3.04. The Morgan fingerprint density at radius 3 is 2.24 bits per heavy atom. The highest BCUT2D eigenvalue weighted by atomic mass is 16.5. The molecule has 1 amide bonds. The summed E-state index contributed by atoms with van der Waals surface area (Å²) in [6.07, 6.45) is 6.84. The van der Waals surface area contributed by atoms with Crippen LogP contribution in [-0.2, 0) is 16.1 Å². The number of anilines is 1. The number of pyridine rings is 1. The number of aryl methyl sites for hydroxylation is 1. The van der Waals surface area contributed by atoms with Gasteiger partial charge in [0.2, 0.25) is 5.91 Å². The lowest BCUT2D eigenvalue weighted by atomic mass is 9.88. The Morgan fingerprint density at radius 2 is 1.59 bits per heavy atom. The molecule has 0 N–H and O–H groups in total. The Morgan fingerprint density at radius 1 is 0.878 bits per heavy atom. The molecule has 214 valence electrons. The molecule has 1 fully saturated rings. The average molecular weight is 553 g/mol. The van der Waals surface area contributed by atoms with Crippen LogP contribution in [0.5, 0.6) is 5.75 Å². The number of esters is 1. The van der Waals surface area contributed by atoms with Crippen molar-refractivity contribution < 1.29 is 19.1 Å². The van der Waals surface area contributed by atoms with Crippen LogP contribution in [0.2, 0.25) is 0 Å². The smallest absolute Gasteiger partial charge is 0.337 e. The van der Waals surface area contributed by atoms with Crippen LogP contribution in [0.4, 0.5) is 5.82 Å². The predicted octanol–water partition coefficient (Wildman–Crippen LogP) is 8.15. The molecule has 0 radical (unpaired) electrons. The third kappa shape index (κ3) is 6.76. The molecule has 0 atom stereocenters. The molecule has 1 saturated carbocycles. The fourth-order valence-corrected chi connectivity index (χ4v) is 5.49. The van der Waals surface area contributed by atoms with Crippen molar-refractivity contribution in [2.24, 2.45) is 5.92 Å². The molecule has 6 heteroatoms. The number of hydrogen-bond acceptors (Lipinski definition) is 5. The van der Waals surface area contributed by atoms with Crippen molar-refractivity contribution in [3.8, 4) is 16.9 Å². The van der Waals surface area contributed by atoms with E-state index in [-0.39, 0.29) is 11.8 Å². The van der Waals surface area contributed by atoms with E-state index in [9.17, 15) is 9.59 Å². The Balaban J connectivity index is 0.00000189. The molecule has 0 bridgehead atoms. The number of nitrogens with zero attached hydrogens (tertiary/aromatic N) is 2. The van der Waals surface area contributed by atoms with Gasteiger partial charge >= 0.3 is 5.97 Å². The van der Waals surface area contributed by atoms with Crippen molar-refractivity contribution in [3.05, 3.63) is 89.6 Å². The minimum atomic E-state index is -0.391. The third-order valence-electron chi connectivity index (χ3n) is 7.66. The van der Waals surface area contributed by atoms with E-state index in [2.05, 4.69) is 41.4 Å². The van der Waals surface area contributed by atoms with E-state index in [0.29, 0.717) is 17.9 Å². The largest absolute Gasteiger partial charge is 0.496 e. The molecule has 0 aliphatic heterocycles. The molecule has 3 aromatic carbocycles. The summed E-state index contributed by atoms with van der Waals surface area (Å²) < 4.78 is 10.3. The zero-order valence-corrected chi connectivity index (χ0v) is 24.8. The van der Waals surface area contributed by atoms with Crippen LogP contribution in [0.25, 0.3) is 21.9 Å². The standard InChI is InChI=1S/C33H34N2O4.C2H6/c1-22-19-26(14-16-30(22)38-2)24-11-9-23(10-12-24)21-35(32(36)25-7-5-4-6-8-25)31-29-15-13-28(33(37)39-3)20-27(29)17-18-34-31;1-2/h9-20,25H,4-8,21H2,1-3H3;1-2H3. The number of amides is 1. The minimum Gasteiger partial charge on any atom is -0.496 e. The number of fused-ring (bicyclic) bond motifs is 1. The van der Waals surface area contributed by atoms with Gasteiger partial charge in [-0.25, -0.2) is 9.78 Å². The number of carbonyl (C=O) groups excluding carboxylic acids is 2. The maximum Gasteiger partial charge on any atom is 0.337 e. The van der Waals surface area contributed by atoms with Gasteiger partial charge < -0.3 is 9.47 Å². The summed E-state index contributed by atoms with van der Waals surface area (Å²) in [6, 6.07) is 21.8. The first-order valence-electron chi connectivity index (χ1n) is 14.5. The number of ether oxygens (including phenoxy) is 2. The quantitative estimate of drug-likeness (QED) is 0.216. The second-order valence-corrected chi connectivity index (χ2v) is 10.2. The van der Waals surface area contributed by atoms with Crippen molar-refractivity contribution >= 4 is 28.5 Å². The number of aromatic nitrogens is 1. The number of benzene rings is 3. The number of methoxy groups -OCH3 is 2. The zero-order chi connectivity index (χ0) is 29.4. The van der Waals surface area contributed by atoms with Crippen LogP contribution < -0.4 is 9.64 Å². The molecule has 1 aliphatic rings. The minimum absolute atomic E-state index is 0.00769. The molecule has 41 heavy (non-hydrogen) atoms. The summed E-state index contributed by atoms with van der Waals surface area (Å²) in [5.74, 6) is 1.20. The van der Waals surface area contributed by atoms with Crippen LogP contribution in [-0.4, -0.2) is 31.1 Å². The van der Waals surface area contributed by atoms with Crippen LogP contribution in [0, 0.1) is 12.8 Å². The molecule has 4 aromatic rings. The molecule has 1 aromatic heterocycles. The third-order valence-corrected chi connectivity index (χ3v) is 7.66. The summed E-state index contributed by atoms with van der Waals surface area (Å²) in [7, 11) is 3.05. The highest BCUT2D eigenvalue weighted by molar-refractivity contribution is 6.04. The highest BCUT2D eigenvalue weighted by Crippen LogP contribution is 2.33. The molecule has 5 rings (SSSR count). The van der Waals surface area contributed by atoms with Gasteiger partial charge in [0, 0.05) is 17.5 Å². The van der Waals surface area contributed by atoms with Gasteiger partial charge in [0.15, 0.2) is 0 Å². The van der Waals surface area contributed by atoms with E-state index < -0.39 is 5.97 Å². The van der Waals surface area contributed by atoms with Gasteiger partial charge in [0.1, 0.15) is 11.6 Å². The number of hydrogen-bond donors (Lipinski definition) is 0. The second-order valence-electron chi connectivity index (χ2n) is 10.2. The fraction of sp³-hybridized carbons (Fsp3) is 0.343. The molecular formula is C35H40N2O4. The lowest BCUT2D eigenvalue weighted by Gasteiger charge is -2.29. The summed E-state index contributed by atoms with van der Waals surface area (Å²) in [5.41, 5.74) is 4.80. The maximum absolute atomic E-state index is 14.0. The SMILES string of the molecule is CC.COC(=O)c1ccc2c(N(Cc3ccc(-c4ccc(OC)c(C)c4)cc3)C(=O)C3CCCCC3)nccc2c1. The fourth-order valence-electron chi connectivity index (χ4n) is 5.49. The number of carbonyl (C=O) groups is 2. The summed E-state index contributed by atoms with van der Waals surface area (Å²) >= 11 is 0. The molecular weight excluding hydrogens is 512 g/mol. The molecule has 6 nitrogen and oxygen atoms in total. The van der Waals surface area contributed by atoms with Crippen molar-refractivity contribution in [2.75, 3.05) is 19.1 Å². The predicted molar refractivity (Wildman–Crippen MR) is 165 cm³/mol. The molecule has 1 aliphatic carbocycles. The van der Waals surface area contributed by atoms with E-state index in [4.69, 9.17) is 9.47 Å². The van der Waals surface area contributed by atoms with Crippen molar-refractivity contribution in [1.29, 1.82) is 0 Å². The van der Waals surface area contributed by atoms with E-state index in [1.807, 2.05) is 43.9 Å². The van der Waals surface area contributed by atoms with Crippen LogP contribution >= 0.6 is 0 Å². The second kappa shape index (κ2) is 13.9. The van der Waals surface area contributed by atoms with Crippen molar-refractivity contribution in [2.45, 2.75) is 59.4 Å². The lowest BCUT2D eigenvalue weighted by Crippen LogP contribution is -2.37. The van der Waals surface area contributed by atoms with Crippen LogP contribution in [0.3, 0.4) is 0 Å². The summed E-state index contributed by atoms with van der Waals surface area (Å²) in [4.78, 5) is 32.6. The van der Waals surface area contributed by atoms with Crippen molar-refractivity contribution in [3.63, 3.8) is 0 Å². The maximum atomic E-state index is 14.0. The molecule has 1 heterocycles. The van der Waals surface area contributed by atoms with Gasteiger partial charge in [0.05, 0.1) is 26.3 Å². The topological polar surface area (TPSA) is 68.7 Å². The number of rotatable bonds is 7. The van der Waals surface area contributed by atoms with Gasteiger partial charge in [-0.05, 0) is 83.8 Å². The van der Waals surface area contributed by atoms with E-state index in [1.54, 1.807) is 25.4 Å². The highest BCUT2D eigenvalue weighted by Gasteiger charge is 2.29. The molecule has 0 saturated heterocycles. The summed E-state index contributed by atoms with van der Waals surface area (Å²) in [6.45, 7) is 6.46. The van der Waals surface area contributed by atoms with Crippen LogP contribution in [0.1, 0.15) is 67.4 Å². The molecule has 0 spiro atoms. The molecule has 0 unspecified atom stereocenters. The summed E-state index contributed by atoms with van der Waals surface area (Å²) in [5, 5.41) is 1.68. The Labute approximate surface area is 243 Å². The Bertz CT molecular complexity index is 1490. The van der Waals surface area contributed by atoms with Gasteiger partial charge in [-0.1, -0.05) is 63.4 Å². The van der Waals surface area contributed by atoms with Gasteiger partial charge in [-0.15, -0.1) is 0 Å². The first-order valence-corrected chi connectivity index (χ1v) is 14.5. The van der Waals surface area contributed by atoms with E-state index >= 15 is 0 Å². The normalized spacial score (nSPS) is 13.2.